The maximum absolute atomic E-state index is 10.5. The van der Waals surface area contributed by atoms with Crippen LogP contribution in [0.2, 0.25) is 0 Å². The number of carbonyl (C=O) groups excluding carboxylic acids is 1. The van der Waals surface area contributed by atoms with Gasteiger partial charge in [0, 0.05) is 0 Å². The van der Waals surface area contributed by atoms with E-state index >= 15 is 0 Å². The van der Waals surface area contributed by atoms with E-state index in [9.17, 15) is 4.79 Å². The van der Waals surface area contributed by atoms with Crippen LogP contribution in [0.1, 0.15) is 19.8 Å². The van der Waals surface area contributed by atoms with Gasteiger partial charge in [0.2, 0.25) is 0 Å². The van der Waals surface area contributed by atoms with Crippen molar-refractivity contribution in [2.75, 3.05) is 0 Å². The van der Waals surface area contributed by atoms with E-state index < -0.39 is 0 Å². The molecule has 0 spiro atoms. The van der Waals surface area contributed by atoms with Crippen molar-refractivity contribution in [3.63, 3.8) is 0 Å². The zero-order valence-corrected chi connectivity index (χ0v) is 9.16. The van der Waals surface area contributed by atoms with Crippen molar-refractivity contribution in [3.8, 4) is 0 Å². The van der Waals surface area contributed by atoms with Gasteiger partial charge in [0.1, 0.15) is 0 Å². The van der Waals surface area contributed by atoms with E-state index in [1.807, 2.05) is 6.92 Å². The van der Waals surface area contributed by atoms with Gasteiger partial charge in [0.05, 0.1) is 0 Å². The van der Waals surface area contributed by atoms with Gasteiger partial charge in [-0.25, -0.2) is 0 Å². The molecule has 0 rings (SSSR count). The molecule has 0 aliphatic heterocycles. The van der Waals surface area contributed by atoms with Crippen LogP contribution < -0.4 is 0 Å². The van der Waals surface area contributed by atoms with Gasteiger partial charge in [-0.05, 0) is 0 Å². The zero-order valence-electron chi connectivity index (χ0n) is 5.28. The van der Waals surface area contributed by atoms with Gasteiger partial charge < -0.3 is 0 Å². The first kappa shape index (κ1) is 9.60. The van der Waals surface area contributed by atoms with Crippen molar-refractivity contribution in [2.24, 2.45) is 0 Å². The summed E-state index contributed by atoms with van der Waals surface area (Å²) in [5.41, 5.74) is 0. The molecule has 0 aromatic rings. The summed E-state index contributed by atoms with van der Waals surface area (Å²) in [6.45, 7) is 2.03. The minimum absolute atomic E-state index is 0.167. The quantitative estimate of drug-likeness (QED) is 0.444. The van der Waals surface area contributed by atoms with Crippen LogP contribution in [0.15, 0.2) is 0 Å². The molecule has 0 amide bonds. The predicted molar refractivity (Wildman–Crippen MR) is 35.3 cm³/mol. The number of rotatable bonds is 3. The van der Waals surface area contributed by atoms with Crippen LogP contribution in [0.25, 0.3) is 0 Å². The number of alkyl halides is 1. The number of hydrogen-bond acceptors (Lipinski definition) is 1. The summed E-state index contributed by atoms with van der Waals surface area (Å²) in [5, 5.41) is -0.167. The first-order chi connectivity index (χ1) is 3.68. The van der Waals surface area contributed by atoms with Gasteiger partial charge in [-0.1, -0.05) is 0 Å². The third-order valence-electron chi connectivity index (χ3n) is 0.983. The SMILES string of the molecule is CCCC(Cl)[C](=O)[K]. The van der Waals surface area contributed by atoms with Crippen LogP contribution in [0.4, 0.5) is 0 Å². The second-order valence-corrected chi connectivity index (χ2v) is 3.93. The maximum atomic E-state index is 10.5. The van der Waals surface area contributed by atoms with Crippen molar-refractivity contribution >= 4 is 60.4 Å². The van der Waals surface area contributed by atoms with Crippen LogP contribution in [-0.2, 0) is 4.79 Å². The average molecular weight is 159 g/mol. The van der Waals surface area contributed by atoms with Crippen LogP contribution in [-0.4, -0.2) is 54.2 Å². The fourth-order valence-electron chi connectivity index (χ4n) is 0.457. The van der Waals surface area contributed by atoms with Crippen molar-refractivity contribution in [1.29, 1.82) is 0 Å². The molecule has 0 aliphatic rings. The fraction of sp³-hybridized carbons (Fsp3) is 0.800. The zero-order chi connectivity index (χ0) is 6.57. The molecule has 8 heavy (non-hydrogen) atoms. The van der Waals surface area contributed by atoms with Crippen molar-refractivity contribution < 1.29 is 4.79 Å². The molecule has 3 heteroatoms. The van der Waals surface area contributed by atoms with E-state index in [0.29, 0.717) is 0 Å². The van der Waals surface area contributed by atoms with Crippen molar-refractivity contribution in [1.82, 2.24) is 0 Å². The van der Waals surface area contributed by atoms with Crippen molar-refractivity contribution in [2.45, 2.75) is 25.1 Å². The summed E-state index contributed by atoms with van der Waals surface area (Å²) in [6.07, 6.45) is 1.86. The summed E-state index contributed by atoms with van der Waals surface area (Å²) in [4.78, 5) is 10.5. The Bertz CT molecular complexity index is 84.5. The fourth-order valence-corrected chi connectivity index (χ4v) is 1.13. The Morgan fingerprint density at radius 2 is 2.38 bits per heavy atom. The third kappa shape index (κ3) is 4.47. The van der Waals surface area contributed by atoms with Gasteiger partial charge in [0.15, 0.2) is 0 Å². The van der Waals surface area contributed by atoms with Crippen LogP contribution in [0.3, 0.4) is 0 Å². The van der Waals surface area contributed by atoms with Gasteiger partial charge in [0.25, 0.3) is 0 Å². The second-order valence-electron chi connectivity index (χ2n) is 1.87. The summed E-state index contributed by atoms with van der Waals surface area (Å²) < 4.78 is 0.265. The van der Waals surface area contributed by atoms with Gasteiger partial charge in [-0.15, -0.1) is 0 Å². The Hall–Kier alpha value is 1.60. The summed E-state index contributed by atoms with van der Waals surface area (Å²) in [7, 11) is 0. The molecule has 0 heterocycles. The van der Waals surface area contributed by atoms with Crippen LogP contribution in [0.5, 0.6) is 0 Å². The Morgan fingerprint density at radius 3 is 2.50 bits per heavy atom. The van der Waals surface area contributed by atoms with Gasteiger partial charge in [-0.2, -0.15) is 0 Å². The molecular weight excluding hydrogens is 151 g/mol. The van der Waals surface area contributed by atoms with E-state index in [2.05, 4.69) is 0 Å². The summed E-state index contributed by atoms with van der Waals surface area (Å²) >= 11 is 5.89. The molecule has 0 fully saturated rings. The molecule has 1 unspecified atom stereocenters. The molecule has 0 N–H and O–H groups in total. The molecule has 0 saturated carbocycles. The molecule has 0 bridgehead atoms. The normalized spacial score (nSPS) is 13.5. The number of halogens is 1. The third-order valence-corrected chi connectivity index (χ3v) is 3.17. The molecule has 0 aromatic carbocycles. The minimum atomic E-state index is -0.167. The van der Waals surface area contributed by atoms with E-state index in [1.165, 1.54) is 0 Å². The first-order valence-electron chi connectivity index (χ1n) is 2.83. The Kier molecular flexibility index (Phi) is 6.46. The second kappa shape index (κ2) is 5.39. The van der Waals surface area contributed by atoms with E-state index in [0.717, 1.165) is 12.8 Å². The van der Waals surface area contributed by atoms with Gasteiger partial charge >= 0.3 is 90.4 Å². The summed E-state index contributed by atoms with van der Waals surface area (Å²) in [6, 6.07) is 0. The molecule has 0 radical (unpaired) electrons. The molecule has 0 saturated heterocycles. The number of hydrogen-bond donors (Lipinski definition) is 0. The number of carbonyl (C=O) groups is 1. The Morgan fingerprint density at radius 1 is 1.88 bits per heavy atom. The Labute approximate surface area is 88.7 Å². The first-order valence-corrected chi connectivity index (χ1v) is 4.82. The van der Waals surface area contributed by atoms with E-state index in [4.69, 9.17) is 11.6 Å². The topological polar surface area (TPSA) is 17.1 Å². The van der Waals surface area contributed by atoms with Crippen LogP contribution >= 0.6 is 11.6 Å². The van der Waals surface area contributed by atoms with E-state index in [-0.39, 0.29) is 54.2 Å². The Balaban J connectivity index is 3.32. The van der Waals surface area contributed by atoms with Crippen LogP contribution in [0, 0.1) is 0 Å². The van der Waals surface area contributed by atoms with Crippen molar-refractivity contribution in [3.05, 3.63) is 0 Å². The molecule has 42 valence electrons. The van der Waals surface area contributed by atoms with E-state index in [1.54, 1.807) is 0 Å². The molecule has 1 nitrogen and oxygen atoms in total. The predicted octanol–water partition coefficient (Wildman–Crippen LogP) is 1.09. The molecule has 0 aliphatic carbocycles. The summed E-state index contributed by atoms with van der Waals surface area (Å²) in [5.74, 6) is 0. The average Bonchev–Trinajstić information content (AvgIpc) is 1.67. The monoisotopic (exact) mass is 158 g/mol. The molecular formula is C5H8ClKO. The molecule has 1 atom stereocenters. The standard InChI is InChI=1S/C5H8ClO.K/c1-2-3-5(6)4-7;/h5H,2-3H2,1H3;. The van der Waals surface area contributed by atoms with Gasteiger partial charge in [-0.3, -0.25) is 0 Å². The molecule has 0 aromatic heterocycles.